The van der Waals surface area contributed by atoms with Gasteiger partial charge in [0, 0.05) is 43.0 Å². The van der Waals surface area contributed by atoms with Gasteiger partial charge >= 0.3 is 6.18 Å². The van der Waals surface area contributed by atoms with Crippen LogP contribution in [0.3, 0.4) is 0 Å². The van der Waals surface area contributed by atoms with Crippen molar-refractivity contribution in [1.29, 1.82) is 0 Å². The van der Waals surface area contributed by atoms with Crippen molar-refractivity contribution in [1.82, 2.24) is 19.7 Å². The topological polar surface area (TPSA) is 72.8 Å². The summed E-state index contributed by atoms with van der Waals surface area (Å²) >= 11 is 0. The Morgan fingerprint density at radius 3 is 2.61 bits per heavy atom. The van der Waals surface area contributed by atoms with E-state index in [9.17, 15) is 18.0 Å². The molecule has 3 aromatic heterocycles. The largest absolute Gasteiger partial charge is 0.433 e. The number of rotatable bonds is 4. The smallest absolute Gasteiger partial charge is 0.381 e. The summed E-state index contributed by atoms with van der Waals surface area (Å²) in [6, 6.07) is 11.6. The number of benzene rings is 1. The van der Waals surface area contributed by atoms with Gasteiger partial charge in [-0.3, -0.25) is 14.9 Å². The van der Waals surface area contributed by atoms with Crippen molar-refractivity contribution in [3.05, 3.63) is 82.2 Å². The van der Waals surface area contributed by atoms with Gasteiger partial charge in [0.05, 0.1) is 17.8 Å². The van der Waals surface area contributed by atoms with E-state index in [2.05, 4.69) is 15.2 Å². The molecule has 0 radical (unpaired) electrons. The number of fused-ring (bicyclic) bond motifs is 1. The average molecular weight is 454 g/mol. The van der Waals surface area contributed by atoms with Crippen molar-refractivity contribution >= 4 is 10.9 Å². The van der Waals surface area contributed by atoms with Crippen molar-refractivity contribution < 1.29 is 17.9 Å². The molecule has 1 fully saturated rings. The summed E-state index contributed by atoms with van der Waals surface area (Å²) in [5.74, 6) is 0.331. The minimum Gasteiger partial charge on any atom is -0.381 e. The van der Waals surface area contributed by atoms with Crippen LogP contribution in [0.5, 0.6) is 0 Å². The maximum Gasteiger partial charge on any atom is 0.433 e. The van der Waals surface area contributed by atoms with Crippen LogP contribution < -0.4 is 5.56 Å². The van der Waals surface area contributed by atoms with Crippen LogP contribution in [0.2, 0.25) is 0 Å². The second kappa shape index (κ2) is 8.47. The molecule has 6 nitrogen and oxygen atoms in total. The number of H-pyrrole nitrogens is 1. The second-order valence-corrected chi connectivity index (χ2v) is 8.18. The number of aromatic amines is 1. The minimum atomic E-state index is -4.53. The lowest BCUT2D eigenvalue weighted by Crippen LogP contribution is -2.19. The molecule has 4 aromatic rings. The Bertz CT molecular complexity index is 1350. The van der Waals surface area contributed by atoms with Gasteiger partial charge in [-0.15, -0.1) is 0 Å². The van der Waals surface area contributed by atoms with Gasteiger partial charge in [-0.1, -0.05) is 6.07 Å². The Morgan fingerprint density at radius 1 is 1.06 bits per heavy atom. The van der Waals surface area contributed by atoms with Crippen LogP contribution in [0.15, 0.2) is 59.7 Å². The van der Waals surface area contributed by atoms with E-state index >= 15 is 0 Å². The number of hydrogen-bond donors (Lipinski definition) is 1. The van der Waals surface area contributed by atoms with Gasteiger partial charge in [0.1, 0.15) is 5.69 Å². The lowest BCUT2D eigenvalue weighted by molar-refractivity contribution is -0.141. The van der Waals surface area contributed by atoms with E-state index < -0.39 is 11.9 Å². The highest BCUT2D eigenvalue weighted by Crippen LogP contribution is 2.33. The molecule has 33 heavy (non-hydrogen) atoms. The van der Waals surface area contributed by atoms with Crippen molar-refractivity contribution in [2.45, 2.75) is 31.5 Å². The Kier molecular flexibility index (Phi) is 5.49. The SMILES string of the molecule is O=c1cc(-c2ccc3[nH]nc(C4CCOCC4)c3c2)ccn1Cc1ccnc(C(F)(F)F)c1. The Balaban J connectivity index is 1.43. The van der Waals surface area contributed by atoms with E-state index in [1.807, 2.05) is 18.2 Å². The summed E-state index contributed by atoms with van der Waals surface area (Å²) in [4.78, 5) is 16.1. The molecule has 0 unspecified atom stereocenters. The summed E-state index contributed by atoms with van der Waals surface area (Å²) in [5.41, 5.74) is 2.66. The first-order valence-corrected chi connectivity index (χ1v) is 10.7. The Hall–Kier alpha value is -3.46. The monoisotopic (exact) mass is 454 g/mol. The maximum absolute atomic E-state index is 12.9. The molecule has 1 aliphatic rings. The highest BCUT2D eigenvalue weighted by Gasteiger charge is 2.32. The van der Waals surface area contributed by atoms with Crippen molar-refractivity contribution in [3.63, 3.8) is 0 Å². The molecule has 170 valence electrons. The van der Waals surface area contributed by atoms with E-state index in [-0.39, 0.29) is 12.1 Å². The molecular weight excluding hydrogens is 433 g/mol. The molecule has 0 saturated carbocycles. The molecule has 1 aliphatic heterocycles. The van der Waals surface area contributed by atoms with Gasteiger partial charge in [0.25, 0.3) is 5.56 Å². The predicted molar refractivity (Wildman–Crippen MR) is 117 cm³/mol. The third-order valence-electron chi connectivity index (χ3n) is 6.00. The van der Waals surface area contributed by atoms with Gasteiger partial charge < -0.3 is 9.30 Å². The lowest BCUT2D eigenvalue weighted by atomic mass is 9.93. The maximum atomic E-state index is 12.9. The fourth-order valence-electron chi connectivity index (χ4n) is 4.24. The van der Waals surface area contributed by atoms with Gasteiger partial charge in [0.15, 0.2) is 0 Å². The average Bonchev–Trinajstić information content (AvgIpc) is 3.24. The first-order valence-electron chi connectivity index (χ1n) is 10.7. The third-order valence-corrected chi connectivity index (χ3v) is 6.00. The van der Waals surface area contributed by atoms with E-state index in [0.717, 1.165) is 66.0 Å². The molecule has 0 aliphatic carbocycles. The third kappa shape index (κ3) is 4.41. The van der Waals surface area contributed by atoms with Crippen LogP contribution in [0.4, 0.5) is 13.2 Å². The van der Waals surface area contributed by atoms with E-state index in [1.54, 1.807) is 12.3 Å². The molecule has 1 N–H and O–H groups in total. The molecule has 0 bridgehead atoms. The molecule has 4 heterocycles. The number of nitrogens with one attached hydrogen (secondary N) is 1. The van der Waals surface area contributed by atoms with Crippen LogP contribution in [0.1, 0.15) is 35.7 Å². The van der Waals surface area contributed by atoms with Gasteiger partial charge in [-0.05, 0) is 59.9 Å². The molecule has 5 rings (SSSR count). The van der Waals surface area contributed by atoms with Crippen molar-refractivity contribution in [3.8, 4) is 11.1 Å². The first kappa shape index (κ1) is 21.4. The van der Waals surface area contributed by atoms with Crippen LogP contribution in [0, 0.1) is 0 Å². The zero-order valence-corrected chi connectivity index (χ0v) is 17.6. The first-order chi connectivity index (χ1) is 15.9. The summed E-state index contributed by atoms with van der Waals surface area (Å²) in [6.07, 6.45) is 0.0225. The normalized spacial score (nSPS) is 15.2. The minimum absolute atomic E-state index is 0.0272. The molecule has 0 atom stereocenters. The molecule has 0 spiro atoms. The Morgan fingerprint density at radius 2 is 1.85 bits per heavy atom. The van der Waals surface area contributed by atoms with Crippen LogP contribution in [-0.4, -0.2) is 33.0 Å². The molecule has 0 amide bonds. The fourth-order valence-corrected chi connectivity index (χ4v) is 4.24. The highest BCUT2D eigenvalue weighted by atomic mass is 19.4. The van der Waals surface area contributed by atoms with Crippen molar-refractivity contribution in [2.75, 3.05) is 13.2 Å². The zero-order chi connectivity index (χ0) is 23.0. The number of nitrogens with zero attached hydrogens (tertiary/aromatic N) is 3. The summed E-state index contributed by atoms with van der Waals surface area (Å²) in [7, 11) is 0. The zero-order valence-electron chi connectivity index (χ0n) is 17.6. The van der Waals surface area contributed by atoms with Crippen molar-refractivity contribution in [2.24, 2.45) is 0 Å². The summed E-state index contributed by atoms with van der Waals surface area (Å²) in [5, 5.41) is 8.64. The molecular formula is C24H21F3N4O2. The van der Waals surface area contributed by atoms with Gasteiger partial charge in [-0.25, -0.2) is 0 Å². The number of alkyl halides is 3. The molecule has 1 aromatic carbocycles. The van der Waals surface area contributed by atoms with E-state index in [4.69, 9.17) is 4.74 Å². The number of aromatic nitrogens is 4. The molecule has 9 heteroatoms. The second-order valence-electron chi connectivity index (χ2n) is 8.18. The van der Waals surface area contributed by atoms with E-state index in [1.165, 1.54) is 16.7 Å². The standard InChI is InChI=1S/C24H21F3N4O2/c25-24(26,27)21-11-15(3-7-28-21)14-31-8-4-18(13-22(31)32)17-1-2-20-19(12-17)23(30-29-20)16-5-9-33-10-6-16/h1-4,7-8,11-13,16H,5-6,9-10,14H2,(H,29,30). The van der Waals surface area contributed by atoms with Gasteiger partial charge in [0.2, 0.25) is 0 Å². The lowest BCUT2D eigenvalue weighted by Gasteiger charge is -2.20. The number of halogens is 3. The van der Waals surface area contributed by atoms with Crippen LogP contribution in [-0.2, 0) is 17.5 Å². The molecule has 1 saturated heterocycles. The van der Waals surface area contributed by atoms with Crippen LogP contribution in [0.25, 0.3) is 22.0 Å². The highest BCUT2D eigenvalue weighted by molar-refractivity contribution is 5.87. The summed E-state index contributed by atoms with van der Waals surface area (Å²) < 4.78 is 45.6. The number of ether oxygens (including phenoxy) is 1. The van der Waals surface area contributed by atoms with E-state index in [0.29, 0.717) is 11.5 Å². The fraction of sp³-hybridized carbons (Fsp3) is 0.292. The van der Waals surface area contributed by atoms with Crippen LogP contribution >= 0.6 is 0 Å². The number of hydrogen-bond acceptors (Lipinski definition) is 4. The summed E-state index contributed by atoms with van der Waals surface area (Å²) in [6.45, 7) is 1.47. The van der Waals surface area contributed by atoms with Gasteiger partial charge in [-0.2, -0.15) is 18.3 Å². The number of pyridine rings is 2. The Labute approximate surface area is 187 Å². The predicted octanol–water partition coefficient (Wildman–Crippen LogP) is 4.75. The quantitative estimate of drug-likeness (QED) is 0.483.